The first kappa shape index (κ1) is 22.9. The number of hydrogen-bond donors (Lipinski definition) is 1. The number of rotatable bonds is 8. The summed E-state index contributed by atoms with van der Waals surface area (Å²) in [5, 5.41) is 6.07. The third-order valence-corrected chi connectivity index (χ3v) is 4.23. The van der Waals surface area contributed by atoms with Crippen molar-refractivity contribution in [3.63, 3.8) is 0 Å². The summed E-state index contributed by atoms with van der Waals surface area (Å²) in [4.78, 5) is 15.3. The summed E-state index contributed by atoms with van der Waals surface area (Å²) in [6, 6.07) is 13.4. The molecule has 0 saturated heterocycles. The topological polar surface area (TPSA) is 86.5 Å². The highest BCUT2D eigenvalue weighted by Crippen LogP contribution is 2.29. The number of alkyl halides is 3. The van der Waals surface area contributed by atoms with E-state index in [4.69, 9.17) is 9.47 Å². The van der Waals surface area contributed by atoms with E-state index in [0.717, 1.165) is 11.3 Å². The van der Waals surface area contributed by atoms with Crippen molar-refractivity contribution in [2.75, 3.05) is 13.7 Å². The van der Waals surface area contributed by atoms with Crippen molar-refractivity contribution in [3.05, 3.63) is 66.1 Å². The van der Waals surface area contributed by atoms with Gasteiger partial charge >= 0.3 is 12.1 Å². The lowest BCUT2D eigenvalue weighted by Gasteiger charge is -2.15. The molecule has 0 aliphatic carbocycles. The van der Waals surface area contributed by atoms with Gasteiger partial charge in [0.25, 0.3) is 0 Å². The number of aromatic nitrogens is 2. The molecule has 1 N–H and O–H groups in total. The molecule has 1 atom stereocenters. The predicted molar refractivity (Wildman–Crippen MR) is 110 cm³/mol. The average Bonchev–Trinajstić information content (AvgIpc) is 3.28. The van der Waals surface area contributed by atoms with Crippen LogP contribution >= 0.6 is 0 Å². The highest BCUT2D eigenvalue weighted by Gasteiger charge is 2.38. The summed E-state index contributed by atoms with van der Waals surface area (Å²) >= 11 is 0. The first-order valence-corrected chi connectivity index (χ1v) is 9.52. The van der Waals surface area contributed by atoms with E-state index >= 15 is 0 Å². The van der Waals surface area contributed by atoms with Gasteiger partial charge in [-0.1, -0.05) is 17.3 Å². The SMILES string of the molecule is COc1ccc(C=CC(=O)NCC(C)Oc2ccc(-c3noc(C(F)(F)F)n3)cc2)cc1. The van der Waals surface area contributed by atoms with Gasteiger partial charge in [0.2, 0.25) is 11.7 Å². The Balaban J connectivity index is 1.48. The first-order chi connectivity index (χ1) is 15.2. The molecule has 0 aliphatic rings. The zero-order valence-corrected chi connectivity index (χ0v) is 17.2. The van der Waals surface area contributed by atoms with Gasteiger partial charge in [-0.25, -0.2) is 0 Å². The summed E-state index contributed by atoms with van der Waals surface area (Å²) < 4.78 is 52.7. The third-order valence-electron chi connectivity index (χ3n) is 4.23. The minimum atomic E-state index is -4.70. The third kappa shape index (κ3) is 6.34. The molecular weight excluding hydrogens is 427 g/mol. The van der Waals surface area contributed by atoms with Crippen LogP contribution < -0.4 is 14.8 Å². The van der Waals surface area contributed by atoms with E-state index in [1.807, 2.05) is 12.1 Å². The summed E-state index contributed by atoms with van der Waals surface area (Å²) in [5.74, 6) is -0.645. The van der Waals surface area contributed by atoms with Gasteiger partial charge in [-0.15, -0.1) is 0 Å². The largest absolute Gasteiger partial charge is 0.497 e. The number of methoxy groups -OCH3 is 1. The van der Waals surface area contributed by atoms with Crippen LogP contribution in [0.3, 0.4) is 0 Å². The van der Waals surface area contributed by atoms with Crippen LogP contribution in [0.4, 0.5) is 13.2 Å². The zero-order chi connectivity index (χ0) is 23.1. The van der Waals surface area contributed by atoms with E-state index in [9.17, 15) is 18.0 Å². The van der Waals surface area contributed by atoms with Gasteiger partial charge in [0.1, 0.15) is 17.6 Å². The van der Waals surface area contributed by atoms with Crippen molar-refractivity contribution in [1.29, 1.82) is 0 Å². The van der Waals surface area contributed by atoms with Gasteiger partial charge in [0.05, 0.1) is 13.7 Å². The smallest absolute Gasteiger partial charge is 0.471 e. The molecule has 0 saturated carbocycles. The Labute approximate surface area is 181 Å². The molecule has 10 heteroatoms. The summed E-state index contributed by atoms with van der Waals surface area (Å²) in [5.41, 5.74) is 1.20. The molecule has 2 aromatic carbocycles. The molecular formula is C22H20F3N3O4. The number of carbonyl (C=O) groups excluding carboxylic acids is 1. The van der Waals surface area contributed by atoms with Crippen LogP contribution in [0.15, 0.2) is 59.1 Å². The number of benzene rings is 2. The Bertz CT molecular complexity index is 1060. The van der Waals surface area contributed by atoms with Crippen LogP contribution in [0.25, 0.3) is 17.5 Å². The average molecular weight is 447 g/mol. The maximum Gasteiger partial charge on any atom is 0.471 e. The second kappa shape index (κ2) is 9.99. The van der Waals surface area contributed by atoms with Crippen LogP contribution in [-0.4, -0.2) is 35.8 Å². The maximum absolute atomic E-state index is 12.6. The molecule has 32 heavy (non-hydrogen) atoms. The van der Waals surface area contributed by atoms with Crippen LogP contribution in [0.1, 0.15) is 18.4 Å². The Kier molecular flexibility index (Phi) is 7.14. The molecule has 7 nitrogen and oxygen atoms in total. The van der Waals surface area contributed by atoms with Crippen LogP contribution in [0, 0.1) is 0 Å². The van der Waals surface area contributed by atoms with Gasteiger partial charge in [-0.05, 0) is 55.0 Å². The molecule has 0 radical (unpaired) electrons. The number of nitrogens with one attached hydrogen (secondary N) is 1. The number of halogens is 3. The normalized spacial score (nSPS) is 12.5. The van der Waals surface area contributed by atoms with Crippen molar-refractivity contribution in [3.8, 4) is 22.9 Å². The second-order valence-electron chi connectivity index (χ2n) is 6.73. The molecule has 1 unspecified atom stereocenters. The molecule has 1 heterocycles. The van der Waals surface area contributed by atoms with Gasteiger partial charge < -0.3 is 19.3 Å². The van der Waals surface area contributed by atoms with E-state index in [-0.39, 0.29) is 24.4 Å². The molecule has 3 rings (SSSR count). The maximum atomic E-state index is 12.6. The minimum Gasteiger partial charge on any atom is -0.497 e. The Morgan fingerprint density at radius 2 is 1.78 bits per heavy atom. The van der Waals surface area contributed by atoms with E-state index in [0.29, 0.717) is 11.3 Å². The molecule has 1 amide bonds. The standard InChI is InChI=1S/C22H20F3N3O4/c1-14(13-26-19(29)12-5-15-3-8-17(30-2)9-4-15)31-18-10-6-16(7-11-18)20-27-21(32-28-20)22(23,24)25/h3-12,14H,13H2,1-2H3,(H,26,29). The lowest BCUT2D eigenvalue weighted by molar-refractivity contribution is -0.159. The number of carbonyl (C=O) groups is 1. The predicted octanol–water partition coefficient (Wildman–Crippen LogP) is 4.36. The molecule has 0 fully saturated rings. The van der Waals surface area contributed by atoms with Gasteiger partial charge in [0.15, 0.2) is 0 Å². The van der Waals surface area contributed by atoms with E-state index in [2.05, 4.69) is 20.0 Å². The summed E-state index contributed by atoms with van der Waals surface area (Å²) in [6.07, 6.45) is -1.94. The van der Waals surface area contributed by atoms with Crippen molar-refractivity contribution in [2.45, 2.75) is 19.2 Å². The first-order valence-electron chi connectivity index (χ1n) is 9.52. The highest BCUT2D eigenvalue weighted by molar-refractivity contribution is 5.91. The number of nitrogens with zero attached hydrogens (tertiary/aromatic N) is 2. The van der Waals surface area contributed by atoms with Gasteiger partial charge in [-0.3, -0.25) is 4.79 Å². The van der Waals surface area contributed by atoms with Gasteiger partial charge in [0, 0.05) is 11.6 Å². The molecule has 1 aromatic heterocycles. The number of amides is 1. The van der Waals surface area contributed by atoms with Crippen molar-refractivity contribution >= 4 is 12.0 Å². The minimum absolute atomic E-state index is 0.173. The van der Waals surface area contributed by atoms with E-state index in [1.165, 1.54) is 18.2 Å². The van der Waals surface area contributed by atoms with E-state index < -0.39 is 12.1 Å². The lowest BCUT2D eigenvalue weighted by Crippen LogP contribution is -2.32. The quantitative estimate of drug-likeness (QED) is 0.517. The zero-order valence-electron chi connectivity index (χ0n) is 17.2. The molecule has 168 valence electrons. The van der Waals surface area contributed by atoms with Crippen LogP contribution in [-0.2, 0) is 11.0 Å². The second-order valence-corrected chi connectivity index (χ2v) is 6.73. The number of ether oxygens (including phenoxy) is 2. The van der Waals surface area contributed by atoms with Crippen molar-refractivity contribution in [2.24, 2.45) is 0 Å². The summed E-state index contributed by atoms with van der Waals surface area (Å²) in [7, 11) is 1.58. The van der Waals surface area contributed by atoms with E-state index in [1.54, 1.807) is 44.4 Å². The Hall–Kier alpha value is -3.82. The van der Waals surface area contributed by atoms with Crippen LogP contribution in [0.2, 0.25) is 0 Å². The summed E-state index contributed by atoms with van der Waals surface area (Å²) in [6.45, 7) is 2.03. The lowest BCUT2D eigenvalue weighted by atomic mass is 10.2. The fraction of sp³-hybridized carbons (Fsp3) is 0.227. The molecule has 0 bridgehead atoms. The number of hydrogen-bond acceptors (Lipinski definition) is 6. The van der Waals surface area contributed by atoms with Crippen molar-refractivity contribution < 1.29 is 32.0 Å². The van der Waals surface area contributed by atoms with Crippen LogP contribution in [0.5, 0.6) is 11.5 Å². The Morgan fingerprint density at radius 1 is 1.12 bits per heavy atom. The fourth-order valence-electron chi connectivity index (χ4n) is 2.60. The Morgan fingerprint density at radius 3 is 2.38 bits per heavy atom. The monoisotopic (exact) mass is 447 g/mol. The van der Waals surface area contributed by atoms with Crippen molar-refractivity contribution in [1.82, 2.24) is 15.5 Å². The molecule has 0 aliphatic heterocycles. The highest BCUT2D eigenvalue weighted by atomic mass is 19.4. The molecule has 0 spiro atoms. The van der Waals surface area contributed by atoms with Gasteiger partial charge in [-0.2, -0.15) is 18.2 Å². The molecule has 3 aromatic rings. The fourth-order valence-corrected chi connectivity index (χ4v) is 2.60.